The summed E-state index contributed by atoms with van der Waals surface area (Å²) in [4.78, 5) is 35.8. The number of aliphatic imine (C=N–C) groups is 1. The van der Waals surface area contributed by atoms with Crippen molar-refractivity contribution in [2.75, 3.05) is 25.9 Å². The lowest BCUT2D eigenvalue weighted by molar-refractivity contribution is -0.137. The molecule has 0 unspecified atom stereocenters. The van der Waals surface area contributed by atoms with Crippen molar-refractivity contribution in [2.24, 2.45) is 16.8 Å². The number of anilines is 1. The molecule has 0 aromatic heterocycles. The fourth-order valence-corrected chi connectivity index (χ4v) is 5.51. The summed E-state index contributed by atoms with van der Waals surface area (Å²) in [6, 6.07) is 5.55. The van der Waals surface area contributed by atoms with Crippen molar-refractivity contribution in [3.05, 3.63) is 23.8 Å². The highest BCUT2D eigenvalue weighted by molar-refractivity contribution is 6.40. The SMILES string of the molecule is COc1ccc2c(c1)N(OC)C(=O)[C@@]21C[C@@H]2N=C(C(C)=O)[C@@H]3C[C@H]1OC[C@H]23. The van der Waals surface area contributed by atoms with E-state index < -0.39 is 5.41 Å². The van der Waals surface area contributed by atoms with E-state index in [-0.39, 0.29) is 35.7 Å². The number of carbonyl (C=O) groups excluding carboxylic acids is 2. The lowest BCUT2D eigenvalue weighted by atomic mass is 9.71. The first-order valence-electron chi connectivity index (χ1n) is 9.28. The number of rotatable bonds is 3. The molecule has 1 saturated carbocycles. The van der Waals surface area contributed by atoms with Crippen LogP contribution in [0.4, 0.5) is 5.69 Å². The van der Waals surface area contributed by atoms with Gasteiger partial charge in [0.1, 0.15) is 11.2 Å². The third-order valence-electron chi connectivity index (χ3n) is 6.72. The number of amides is 1. The van der Waals surface area contributed by atoms with Gasteiger partial charge >= 0.3 is 0 Å². The number of hydroxylamine groups is 1. The van der Waals surface area contributed by atoms with Gasteiger partial charge in [-0.05, 0) is 24.5 Å². The normalized spacial score (nSPS) is 36.0. The van der Waals surface area contributed by atoms with Crippen LogP contribution in [0.1, 0.15) is 25.3 Å². The first-order valence-corrected chi connectivity index (χ1v) is 9.28. The lowest BCUT2D eigenvalue weighted by Crippen LogP contribution is -2.51. The van der Waals surface area contributed by atoms with E-state index in [1.807, 2.05) is 18.2 Å². The van der Waals surface area contributed by atoms with Crippen LogP contribution < -0.4 is 9.80 Å². The number of hydrogen-bond acceptors (Lipinski definition) is 6. The number of carbonyl (C=O) groups is 2. The quantitative estimate of drug-likeness (QED) is 0.809. The van der Waals surface area contributed by atoms with Gasteiger partial charge in [-0.1, -0.05) is 6.07 Å². The average molecular weight is 370 g/mol. The third-order valence-corrected chi connectivity index (χ3v) is 6.72. The second-order valence-electron chi connectivity index (χ2n) is 7.81. The number of benzene rings is 1. The van der Waals surface area contributed by atoms with Gasteiger partial charge in [-0.3, -0.25) is 19.4 Å². The van der Waals surface area contributed by atoms with E-state index in [1.54, 1.807) is 14.0 Å². The topological polar surface area (TPSA) is 77.4 Å². The maximum Gasteiger partial charge on any atom is 0.264 e. The van der Waals surface area contributed by atoms with Crippen molar-refractivity contribution in [1.29, 1.82) is 0 Å². The van der Waals surface area contributed by atoms with Gasteiger partial charge in [0.15, 0.2) is 5.78 Å². The van der Waals surface area contributed by atoms with E-state index >= 15 is 0 Å². The summed E-state index contributed by atoms with van der Waals surface area (Å²) in [7, 11) is 3.09. The fraction of sp³-hybridized carbons (Fsp3) is 0.550. The zero-order chi connectivity index (χ0) is 18.9. The van der Waals surface area contributed by atoms with Gasteiger partial charge in [-0.25, -0.2) is 0 Å². The molecule has 4 bridgehead atoms. The Balaban J connectivity index is 1.68. The molecule has 1 amide bonds. The number of hydrogen-bond donors (Lipinski definition) is 0. The number of fused-ring (bicyclic) bond motifs is 2. The van der Waals surface area contributed by atoms with Crippen LogP contribution in [0.5, 0.6) is 5.75 Å². The third kappa shape index (κ3) is 2.01. The molecule has 5 aliphatic rings. The lowest BCUT2D eigenvalue weighted by Gasteiger charge is -2.38. The molecule has 2 saturated heterocycles. The number of methoxy groups -OCH3 is 1. The molecule has 3 fully saturated rings. The van der Waals surface area contributed by atoms with E-state index in [2.05, 4.69) is 0 Å². The van der Waals surface area contributed by atoms with Gasteiger partial charge in [0.25, 0.3) is 5.91 Å². The molecule has 5 atom stereocenters. The minimum atomic E-state index is -0.836. The largest absolute Gasteiger partial charge is 0.497 e. The fourth-order valence-electron chi connectivity index (χ4n) is 5.51. The molecule has 142 valence electrons. The van der Waals surface area contributed by atoms with Crippen LogP contribution in [0, 0.1) is 11.8 Å². The molecule has 0 N–H and O–H groups in total. The molecular formula is C20H22N2O5. The zero-order valence-corrected chi connectivity index (χ0v) is 15.6. The van der Waals surface area contributed by atoms with Gasteiger partial charge in [-0.15, -0.1) is 0 Å². The predicted octanol–water partition coefficient (Wildman–Crippen LogP) is 1.68. The molecule has 4 aliphatic heterocycles. The molecule has 7 nitrogen and oxygen atoms in total. The summed E-state index contributed by atoms with van der Waals surface area (Å²) in [5.41, 5.74) is 1.44. The Bertz CT molecular complexity index is 881. The van der Waals surface area contributed by atoms with Crippen LogP contribution in [-0.4, -0.2) is 50.4 Å². The second kappa shape index (κ2) is 5.62. The summed E-state index contributed by atoms with van der Waals surface area (Å²) in [6.45, 7) is 2.11. The molecule has 27 heavy (non-hydrogen) atoms. The first-order chi connectivity index (χ1) is 13.0. The van der Waals surface area contributed by atoms with Crippen LogP contribution in [0.25, 0.3) is 0 Å². The van der Waals surface area contributed by atoms with Crippen LogP contribution in [0.2, 0.25) is 0 Å². The van der Waals surface area contributed by atoms with Crippen molar-refractivity contribution in [3.8, 4) is 5.75 Å². The molecular weight excluding hydrogens is 348 g/mol. The van der Waals surface area contributed by atoms with E-state index in [9.17, 15) is 9.59 Å². The zero-order valence-electron chi connectivity index (χ0n) is 15.6. The average Bonchev–Trinajstić information content (AvgIpc) is 3.03. The Morgan fingerprint density at radius 1 is 1.37 bits per heavy atom. The molecule has 4 heterocycles. The van der Waals surface area contributed by atoms with E-state index in [0.29, 0.717) is 36.6 Å². The summed E-state index contributed by atoms with van der Waals surface area (Å²) in [6.07, 6.45) is 0.871. The van der Waals surface area contributed by atoms with E-state index in [1.165, 1.54) is 12.2 Å². The van der Waals surface area contributed by atoms with Crippen molar-refractivity contribution >= 4 is 23.1 Å². The van der Waals surface area contributed by atoms with Gasteiger partial charge in [-0.2, -0.15) is 5.06 Å². The van der Waals surface area contributed by atoms with Gasteiger partial charge in [0.2, 0.25) is 0 Å². The second-order valence-corrected chi connectivity index (χ2v) is 7.81. The highest BCUT2D eigenvalue weighted by Gasteiger charge is 2.64. The van der Waals surface area contributed by atoms with Crippen LogP contribution in [0.3, 0.4) is 0 Å². The Morgan fingerprint density at radius 3 is 2.89 bits per heavy atom. The van der Waals surface area contributed by atoms with Crippen molar-refractivity contribution in [1.82, 2.24) is 0 Å². The summed E-state index contributed by atoms with van der Waals surface area (Å²) < 4.78 is 11.5. The Kier molecular flexibility index (Phi) is 3.52. The molecule has 7 heteroatoms. The summed E-state index contributed by atoms with van der Waals surface area (Å²) in [5.74, 6) is 0.830. The van der Waals surface area contributed by atoms with Crippen molar-refractivity contribution in [3.63, 3.8) is 0 Å². The van der Waals surface area contributed by atoms with Gasteiger partial charge in [0, 0.05) is 24.8 Å². The Labute approximate surface area is 157 Å². The maximum absolute atomic E-state index is 13.6. The number of ketones is 1. The number of Topliss-reactive ketones (excluding diaryl/α,β-unsaturated/α-hetero) is 1. The molecule has 1 aromatic rings. The smallest absolute Gasteiger partial charge is 0.264 e. The molecule has 1 aromatic carbocycles. The Hall–Kier alpha value is -2.25. The molecule has 1 aliphatic carbocycles. The van der Waals surface area contributed by atoms with Crippen molar-refractivity contribution < 1.29 is 23.9 Å². The summed E-state index contributed by atoms with van der Waals surface area (Å²) in [5, 5.41) is 1.35. The summed E-state index contributed by atoms with van der Waals surface area (Å²) >= 11 is 0. The number of nitrogens with zero attached hydrogens (tertiary/aromatic N) is 2. The minimum absolute atomic E-state index is 0.0329. The van der Waals surface area contributed by atoms with E-state index in [0.717, 1.165) is 5.56 Å². The minimum Gasteiger partial charge on any atom is -0.497 e. The highest BCUT2D eigenvalue weighted by Crippen LogP contribution is 2.57. The highest BCUT2D eigenvalue weighted by atomic mass is 16.7. The standard InChI is InChI=1S/C20H22N2O5/c1-10(23)18-12-7-17-20(8-15(21-18)13(12)9-27-17)14-5-4-11(25-2)6-16(14)22(26-3)19(20)24/h4-6,12-13,15,17H,7-9H2,1-3H3/t12-,13+,15+,17-,20+/m1/s1. The predicted molar refractivity (Wildman–Crippen MR) is 97.0 cm³/mol. The Morgan fingerprint density at radius 2 is 2.19 bits per heavy atom. The first kappa shape index (κ1) is 16.9. The monoisotopic (exact) mass is 370 g/mol. The van der Waals surface area contributed by atoms with Crippen LogP contribution in [0.15, 0.2) is 23.2 Å². The van der Waals surface area contributed by atoms with Crippen LogP contribution in [-0.2, 0) is 24.6 Å². The van der Waals surface area contributed by atoms with Crippen molar-refractivity contribution in [2.45, 2.75) is 37.3 Å². The molecule has 6 rings (SSSR count). The van der Waals surface area contributed by atoms with Gasteiger partial charge < -0.3 is 9.47 Å². The van der Waals surface area contributed by atoms with Crippen LogP contribution >= 0.6 is 0 Å². The maximum atomic E-state index is 13.6. The van der Waals surface area contributed by atoms with E-state index in [4.69, 9.17) is 19.3 Å². The van der Waals surface area contributed by atoms with Gasteiger partial charge in [0.05, 0.1) is 44.4 Å². The molecule has 0 radical (unpaired) electrons. The molecule has 1 spiro atoms. The number of ether oxygens (including phenoxy) is 2.